The number of thiazole rings is 2. The average Bonchev–Trinajstić information content (AvgIpc) is 3.51. The van der Waals surface area contributed by atoms with E-state index in [4.69, 9.17) is 14.5 Å². The molecule has 0 aliphatic carbocycles. The second-order valence-electron chi connectivity index (χ2n) is 7.30. The topological polar surface area (TPSA) is 64.6 Å². The standard InChI is InChI=1S/C22H21N3O3S2/c1-13-9-10-16(27-2)18-19(13)30-22(24-18)25(12-14-6-5-11-28-14)21(26)20-23-15-7-3-4-8-17(15)29-20/h3-4,7-10,14H,5-6,11-12H2,1-2H3. The molecule has 1 atom stereocenters. The lowest BCUT2D eigenvalue weighted by molar-refractivity contribution is 0.0917. The molecule has 1 aliphatic heterocycles. The first-order chi connectivity index (χ1) is 14.6. The molecule has 8 heteroatoms. The van der Waals surface area contributed by atoms with Crippen molar-refractivity contribution in [1.82, 2.24) is 9.97 Å². The number of ether oxygens (including phenoxy) is 2. The third-order valence-electron chi connectivity index (χ3n) is 5.28. The number of carbonyl (C=O) groups excluding carboxylic acids is 1. The number of methoxy groups -OCH3 is 1. The Balaban J connectivity index is 1.58. The van der Waals surface area contributed by atoms with Crippen LogP contribution in [0, 0.1) is 6.92 Å². The summed E-state index contributed by atoms with van der Waals surface area (Å²) in [6.45, 7) is 3.25. The molecule has 5 rings (SSSR count). The Bertz CT molecular complexity index is 1190. The van der Waals surface area contributed by atoms with Gasteiger partial charge in [0.1, 0.15) is 11.3 Å². The molecule has 2 aromatic carbocycles. The first kappa shape index (κ1) is 19.4. The molecule has 3 heterocycles. The lowest BCUT2D eigenvalue weighted by Crippen LogP contribution is -2.37. The molecule has 0 radical (unpaired) electrons. The molecule has 0 N–H and O–H groups in total. The Hall–Kier alpha value is -2.55. The minimum Gasteiger partial charge on any atom is -0.494 e. The third-order valence-corrected chi connectivity index (χ3v) is 7.51. The van der Waals surface area contributed by atoms with Crippen LogP contribution >= 0.6 is 22.7 Å². The number of anilines is 1. The van der Waals surface area contributed by atoms with Crippen LogP contribution in [0.5, 0.6) is 5.75 Å². The zero-order valence-electron chi connectivity index (χ0n) is 16.8. The Morgan fingerprint density at radius 2 is 2.10 bits per heavy atom. The molecule has 1 saturated heterocycles. The predicted molar refractivity (Wildman–Crippen MR) is 121 cm³/mol. The highest BCUT2D eigenvalue weighted by atomic mass is 32.1. The van der Waals surface area contributed by atoms with Crippen LogP contribution in [0.15, 0.2) is 36.4 Å². The van der Waals surface area contributed by atoms with Crippen LogP contribution in [0.2, 0.25) is 0 Å². The van der Waals surface area contributed by atoms with Crippen LogP contribution in [0.3, 0.4) is 0 Å². The van der Waals surface area contributed by atoms with Crippen molar-refractivity contribution in [3.05, 3.63) is 47.0 Å². The van der Waals surface area contributed by atoms with E-state index in [1.807, 2.05) is 43.3 Å². The van der Waals surface area contributed by atoms with Crippen molar-refractivity contribution in [3.63, 3.8) is 0 Å². The summed E-state index contributed by atoms with van der Waals surface area (Å²) in [4.78, 5) is 24.7. The Morgan fingerprint density at radius 1 is 1.23 bits per heavy atom. The van der Waals surface area contributed by atoms with E-state index in [0.29, 0.717) is 22.4 Å². The number of nitrogens with zero attached hydrogens (tertiary/aromatic N) is 3. The number of hydrogen-bond donors (Lipinski definition) is 0. The first-order valence-corrected chi connectivity index (χ1v) is 11.5. The number of carbonyl (C=O) groups is 1. The molecule has 1 fully saturated rings. The zero-order valence-corrected chi connectivity index (χ0v) is 18.4. The number of para-hydroxylation sites is 1. The first-order valence-electron chi connectivity index (χ1n) is 9.87. The van der Waals surface area contributed by atoms with Crippen LogP contribution in [0.1, 0.15) is 28.2 Å². The van der Waals surface area contributed by atoms with Crippen LogP contribution in [-0.4, -0.2) is 42.2 Å². The second-order valence-corrected chi connectivity index (χ2v) is 9.30. The molecule has 0 saturated carbocycles. The van der Waals surface area contributed by atoms with E-state index in [0.717, 1.165) is 45.4 Å². The van der Waals surface area contributed by atoms with Gasteiger partial charge in [-0.05, 0) is 43.5 Å². The molecule has 154 valence electrons. The SMILES string of the molecule is COc1ccc(C)c2sc(N(CC3CCCO3)C(=O)c3nc4ccccc4s3)nc12. The van der Waals surface area contributed by atoms with Crippen LogP contribution in [-0.2, 0) is 4.74 Å². The number of fused-ring (bicyclic) bond motifs is 2. The fourth-order valence-corrected chi connectivity index (χ4v) is 5.67. The van der Waals surface area contributed by atoms with Gasteiger partial charge in [0, 0.05) is 6.61 Å². The largest absolute Gasteiger partial charge is 0.494 e. The maximum atomic E-state index is 13.6. The monoisotopic (exact) mass is 439 g/mol. The van der Waals surface area contributed by atoms with Gasteiger partial charge in [-0.15, -0.1) is 11.3 Å². The number of amides is 1. The van der Waals surface area contributed by atoms with Crippen molar-refractivity contribution < 1.29 is 14.3 Å². The normalized spacial score (nSPS) is 16.4. The highest BCUT2D eigenvalue weighted by molar-refractivity contribution is 7.23. The summed E-state index contributed by atoms with van der Waals surface area (Å²) >= 11 is 2.92. The highest BCUT2D eigenvalue weighted by Crippen LogP contribution is 2.37. The van der Waals surface area contributed by atoms with Crippen LogP contribution < -0.4 is 9.64 Å². The maximum Gasteiger partial charge on any atom is 0.289 e. The van der Waals surface area contributed by atoms with Gasteiger partial charge in [-0.3, -0.25) is 9.69 Å². The number of aryl methyl sites for hydroxylation is 1. The van der Waals surface area contributed by atoms with E-state index in [2.05, 4.69) is 4.98 Å². The van der Waals surface area contributed by atoms with Crippen molar-refractivity contribution in [1.29, 1.82) is 0 Å². The lowest BCUT2D eigenvalue weighted by Gasteiger charge is -2.22. The van der Waals surface area contributed by atoms with Gasteiger partial charge in [0.25, 0.3) is 5.91 Å². The van der Waals surface area contributed by atoms with Crippen molar-refractivity contribution in [2.45, 2.75) is 25.9 Å². The molecular weight excluding hydrogens is 418 g/mol. The van der Waals surface area contributed by atoms with Crippen LogP contribution in [0.25, 0.3) is 20.4 Å². The van der Waals surface area contributed by atoms with Gasteiger partial charge in [-0.25, -0.2) is 9.97 Å². The summed E-state index contributed by atoms with van der Waals surface area (Å²) in [5.74, 6) is 0.574. The van der Waals surface area contributed by atoms with Gasteiger partial charge in [-0.1, -0.05) is 29.5 Å². The Morgan fingerprint density at radius 3 is 2.87 bits per heavy atom. The zero-order chi connectivity index (χ0) is 20.7. The molecule has 30 heavy (non-hydrogen) atoms. The minimum absolute atomic E-state index is 0.0123. The Kier molecular flexibility index (Phi) is 5.14. The third kappa shape index (κ3) is 3.45. The molecule has 1 aliphatic rings. The highest BCUT2D eigenvalue weighted by Gasteiger charge is 2.29. The molecule has 1 amide bonds. The van der Waals surface area contributed by atoms with Crippen LogP contribution in [0.4, 0.5) is 5.13 Å². The number of benzene rings is 2. The van der Waals surface area contributed by atoms with Crippen molar-refractivity contribution in [3.8, 4) is 5.75 Å². The summed E-state index contributed by atoms with van der Waals surface area (Å²) in [5.41, 5.74) is 2.73. The quantitative estimate of drug-likeness (QED) is 0.435. The fourth-order valence-electron chi connectivity index (χ4n) is 3.70. The van der Waals surface area contributed by atoms with Gasteiger partial charge in [0.15, 0.2) is 10.1 Å². The van der Waals surface area contributed by atoms with E-state index >= 15 is 0 Å². The summed E-state index contributed by atoms with van der Waals surface area (Å²) in [5, 5.41) is 1.12. The van der Waals surface area contributed by atoms with E-state index < -0.39 is 0 Å². The van der Waals surface area contributed by atoms with Crippen molar-refractivity contribution in [2.24, 2.45) is 0 Å². The van der Waals surface area contributed by atoms with Gasteiger partial charge in [-0.2, -0.15) is 0 Å². The average molecular weight is 440 g/mol. The molecular formula is C22H21N3O3S2. The summed E-state index contributed by atoms with van der Waals surface area (Å²) in [6.07, 6.45) is 1.97. The maximum absolute atomic E-state index is 13.6. The molecule has 4 aromatic rings. The summed E-state index contributed by atoms with van der Waals surface area (Å²) in [6, 6.07) is 11.7. The molecule has 0 bridgehead atoms. The van der Waals surface area contributed by atoms with Gasteiger partial charge < -0.3 is 9.47 Å². The predicted octanol–water partition coefficient (Wildman–Crippen LogP) is 5.05. The second kappa shape index (κ2) is 7.94. The summed E-state index contributed by atoms with van der Waals surface area (Å²) in [7, 11) is 1.64. The van der Waals surface area contributed by atoms with Gasteiger partial charge >= 0.3 is 0 Å². The van der Waals surface area contributed by atoms with Gasteiger partial charge in [0.05, 0.1) is 34.7 Å². The fraction of sp³-hybridized carbons (Fsp3) is 0.318. The van der Waals surface area contributed by atoms with E-state index in [1.165, 1.54) is 22.7 Å². The molecule has 6 nitrogen and oxygen atoms in total. The van der Waals surface area contributed by atoms with E-state index in [-0.39, 0.29) is 12.0 Å². The molecule has 2 aromatic heterocycles. The van der Waals surface area contributed by atoms with E-state index in [9.17, 15) is 4.79 Å². The molecule has 1 unspecified atom stereocenters. The van der Waals surface area contributed by atoms with Crippen molar-refractivity contribution in [2.75, 3.05) is 25.2 Å². The smallest absolute Gasteiger partial charge is 0.289 e. The number of hydrogen-bond acceptors (Lipinski definition) is 7. The number of rotatable bonds is 5. The summed E-state index contributed by atoms with van der Waals surface area (Å²) < 4.78 is 13.4. The minimum atomic E-state index is -0.137. The lowest BCUT2D eigenvalue weighted by atomic mass is 10.2. The molecule has 0 spiro atoms. The Labute approximate surface area is 182 Å². The number of aromatic nitrogens is 2. The van der Waals surface area contributed by atoms with Crippen molar-refractivity contribution >= 4 is 54.1 Å². The van der Waals surface area contributed by atoms with E-state index in [1.54, 1.807) is 12.0 Å². The van der Waals surface area contributed by atoms with Gasteiger partial charge in [0.2, 0.25) is 0 Å².